The number of likely N-dealkylation sites (tertiary alicyclic amines) is 1. The number of piperidine rings is 1. The Balaban J connectivity index is 1.37. The van der Waals surface area contributed by atoms with Crippen molar-refractivity contribution in [3.05, 3.63) is 0 Å². The Labute approximate surface area is 118 Å². The zero-order valence-electron chi connectivity index (χ0n) is 12.5. The van der Waals surface area contributed by atoms with Gasteiger partial charge in [0.25, 0.3) is 0 Å². The van der Waals surface area contributed by atoms with Crippen molar-refractivity contribution >= 4 is 0 Å². The Kier molecular flexibility index (Phi) is 3.15. The molecule has 4 aliphatic carbocycles. The zero-order valence-corrected chi connectivity index (χ0v) is 12.5. The maximum atomic E-state index is 3.97. The fraction of sp³-hybridized carbons (Fsp3) is 1.00. The number of nitrogens with zero attached hydrogens (tertiary/aromatic N) is 1. The highest BCUT2D eigenvalue weighted by atomic mass is 15.1. The van der Waals surface area contributed by atoms with Gasteiger partial charge in [0.1, 0.15) is 0 Å². The average Bonchev–Trinajstić information content (AvgIpc) is 2.35. The maximum Gasteiger partial charge on any atom is 0.0195 e. The molecule has 1 aliphatic heterocycles. The lowest BCUT2D eigenvalue weighted by atomic mass is 9.49. The lowest BCUT2D eigenvalue weighted by molar-refractivity contribution is -0.0532. The molecule has 5 aliphatic rings. The van der Waals surface area contributed by atoms with Gasteiger partial charge in [0.15, 0.2) is 0 Å². The second-order valence-electron chi connectivity index (χ2n) is 8.40. The standard InChI is InChI=1S/C17H30N2/c1-19-4-2-3-16(11-19)18-12-17-8-13-5-14(9-17)7-15(6-13)10-17/h13-16,18H,2-12H2,1H3. The third-order valence-corrected chi connectivity index (χ3v) is 6.56. The van der Waals surface area contributed by atoms with Crippen LogP contribution in [0.15, 0.2) is 0 Å². The molecule has 4 bridgehead atoms. The van der Waals surface area contributed by atoms with E-state index in [2.05, 4.69) is 17.3 Å². The number of rotatable bonds is 3. The SMILES string of the molecule is CN1CCCC(NCC23CC4CC(CC(C4)C2)C3)C1. The number of nitrogens with one attached hydrogen (secondary N) is 1. The molecule has 0 spiro atoms. The van der Waals surface area contributed by atoms with Crippen LogP contribution in [-0.2, 0) is 0 Å². The van der Waals surface area contributed by atoms with Crippen LogP contribution < -0.4 is 5.32 Å². The van der Waals surface area contributed by atoms with E-state index in [1.54, 1.807) is 38.5 Å². The van der Waals surface area contributed by atoms with Crippen LogP contribution in [-0.4, -0.2) is 37.6 Å². The molecule has 1 N–H and O–H groups in total. The fourth-order valence-corrected chi connectivity index (χ4v) is 6.20. The second-order valence-corrected chi connectivity index (χ2v) is 8.40. The first kappa shape index (κ1) is 12.6. The summed E-state index contributed by atoms with van der Waals surface area (Å²) < 4.78 is 0. The summed E-state index contributed by atoms with van der Waals surface area (Å²) in [6, 6.07) is 0.770. The summed E-state index contributed by atoms with van der Waals surface area (Å²) in [6.07, 6.45) is 12.2. The van der Waals surface area contributed by atoms with Crippen molar-refractivity contribution in [3.8, 4) is 0 Å². The van der Waals surface area contributed by atoms with E-state index < -0.39 is 0 Å². The van der Waals surface area contributed by atoms with Gasteiger partial charge in [-0.25, -0.2) is 0 Å². The van der Waals surface area contributed by atoms with Crippen LogP contribution in [0.4, 0.5) is 0 Å². The molecule has 4 saturated carbocycles. The van der Waals surface area contributed by atoms with Crippen LogP contribution in [0.2, 0.25) is 0 Å². The summed E-state index contributed by atoms with van der Waals surface area (Å²) in [5.41, 5.74) is 0.713. The van der Waals surface area contributed by atoms with Gasteiger partial charge in [-0.2, -0.15) is 0 Å². The van der Waals surface area contributed by atoms with E-state index in [0.29, 0.717) is 5.41 Å². The Morgan fingerprint density at radius 2 is 1.68 bits per heavy atom. The van der Waals surface area contributed by atoms with Gasteiger partial charge < -0.3 is 10.2 Å². The van der Waals surface area contributed by atoms with E-state index in [0.717, 1.165) is 23.8 Å². The third-order valence-electron chi connectivity index (χ3n) is 6.56. The van der Waals surface area contributed by atoms with E-state index in [9.17, 15) is 0 Å². The van der Waals surface area contributed by atoms with Gasteiger partial charge in [-0.15, -0.1) is 0 Å². The van der Waals surface area contributed by atoms with Crippen LogP contribution in [0.25, 0.3) is 0 Å². The van der Waals surface area contributed by atoms with Gasteiger partial charge in [-0.05, 0) is 88.1 Å². The molecular formula is C17H30N2. The first-order valence-corrected chi connectivity index (χ1v) is 8.63. The summed E-state index contributed by atoms with van der Waals surface area (Å²) in [7, 11) is 2.28. The largest absolute Gasteiger partial charge is 0.312 e. The number of hydrogen-bond acceptors (Lipinski definition) is 2. The highest BCUT2D eigenvalue weighted by Crippen LogP contribution is 2.59. The fourth-order valence-electron chi connectivity index (χ4n) is 6.20. The van der Waals surface area contributed by atoms with Gasteiger partial charge in [-0.1, -0.05) is 0 Å². The van der Waals surface area contributed by atoms with Crippen molar-refractivity contribution in [3.63, 3.8) is 0 Å². The lowest BCUT2D eigenvalue weighted by Crippen LogP contribution is -2.53. The topological polar surface area (TPSA) is 15.3 Å². The van der Waals surface area contributed by atoms with Crippen molar-refractivity contribution in [1.29, 1.82) is 0 Å². The van der Waals surface area contributed by atoms with E-state index in [-0.39, 0.29) is 0 Å². The maximum absolute atomic E-state index is 3.97. The van der Waals surface area contributed by atoms with Crippen molar-refractivity contribution in [1.82, 2.24) is 10.2 Å². The molecule has 1 saturated heterocycles. The van der Waals surface area contributed by atoms with Gasteiger partial charge in [0, 0.05) is 19.1 Å². The van der Waals surface area contributed by atoms with E-state index in [1.165, 1.54) is 32.5 Å². The highest BCUT2D eigenvalue weighted by Gasteiger charge is 2.50. The predicted molar refractivity (Wildman–Crippen MR) is 79.1 cm³/mol. The molecule has 19 heavy (non-hydrogen) atoms. The van der Waals surface area contributed by atoms with Gasteiger partial charge >= 0.3 is 0 Å². The molecule has 2 heteroatoms. The zero-order chi connectivity index (χ0) is 12.9. The molecular weight excluding hydrogens is 232 g/mol. The first-order chi connectivity index (χ1) is 9.21. The van der Waals surface area contributed by atoms with Gasteiger partial charge in [-0.3, -0.25) is 0 Å². The molecule has 1 atom stereocenters. The summed E-state index contributed by atoms with van der Waals surface area (Å²) >= 11 is 0. The summed E-state index contributed by atoms with van der Waals surface area (Å²) in [6.45, 7) is 3.90. The molecule has 0 aromatic heterocycles. The molecule has 108 valence electrons. The molecule has 0 aromatic carbocycles. The molecule has 0 aromatic rings. The third kappa shape index (κ3) is 2.47. The smallest absolute Gasteiger partial charge is 0.0195 e. The van der Waals surface area contributed by atoms with E-state index >= 15 is 0 Å². The molecule has 1 unspecified atom stereocenters. The Morgan fingerprint density at radius 3 is 2.26 bits per heavy atom. The predicted octanol–water partition coefficient (Wildman–Crippen LogP) is 2.89. The minimum absolute atomic E-state index is 0.713. The van der Waals surface area contributed by atoms with Crippen molar-refractivity contribution < 1.29 is 0 Å². The van der Waals surface area contributed by atoms with Crippen molar-refractivity contribution in [2.24, 2.45) is 23.2 Å². The van der Waals surface area contributed by atoms with Crippen LogP contribution >= 0.6 is 0 Å². The van der Waals surface area contributed by atoms with Gasteiger partial charge in [0.05, 0.1) is 0 Å². The Bertz CT molecular complexity index is 303. The van der Waals surface area contributed by atoms with Gasteiger partial charge in [0.2, 0.25) is 0 Å². The normalized spacial score (nSPS) is 49.7. The Hall–Kier alpha value is -0.0800. The molecule has 2 nitrogen and oxygen atoms in total. The van der Waals surface area contributed by atoms with Crippen LogP contribution in [0.1, 0.15) is 51.4 Å². The molecule has 0 amide bonds. The first-order valence-electron chi connectivity index (χ1n) is 8.63. The minimum atomic E-state index is 0.713. The number of likely N-dealkylation sites (N-methyl/N-ethyl adjacent to an activating group) is 1. The summed E-state index contributed by atoms with van der Waals surface area (Å²) in [5.74, 6) is 3.30. The number of hydrogen-bond donors (Lipinski definition) is 1. The molecule has 5 fully saturated rings. The van der Waals surface area contributed by atoms with Crippen LogP contribution in [0.3, 0.4) is 0 Å². The van der Waals surface area contributed by atoms with E-state index in [1.807, 2.05) is 0 Å². The quantitative estimate of drug-likeness (QED) is 0.841. The lowest BCUT2D eigenvalue weighted by Gasteiger charge is -2.57. The summed E-state index contributed by atoms with van der Waals surface area (Å²) in [4.78, 5) is 2.50. The monoisotopic (exact) mass is 262 g/mol. The van der Waals surface area contributed by atoms with Crippen LogP contribution in [0, 0.1) is 23.2 Å². The Morgan fingerprint density at radius 1 is 1.05 bits per heavy atom. The second kappa shape index (κ2) is 4.73. The average molecular weight is 262 g/mol. The van der Waals surface area contributed by atoms with Crippen LogP contribution in [0.5, 0.6) is 0 Å². The summed E-state index contributed by atoms with van der Waals surface area (Å²) in [5, 5.41) is 3.97. The van der Waals surface area contributed by atoms with E-state index in [4.69, 9.17) is 0 Å². The molecule has 1 heterocycles. The van der Waals surface area contributed by atoms with Crippen molar-refractivity contribution in [2.45, 2.75) is 57.4 Å². The van der Waals surface area contributed by atoms with Crippen molar-refractivity contribution in [2.75, 3.05) is 26.7 Å². The molecule has 5 rings (SSSR count). The molecule has 0 radical (unpaired) electrons. The highest BCUT2D eigenvalue weighted by molar-refractivity contribution is 5.02. The minimum Gasteiger partial charge on any atom is -0.312 e.